The van der Waals surface area contributed by atoms with E-state index in [2.05, 4.69) is 14.8 Å². The summed E-state index contributed by atoms with van der Waals surface area (Å²) < 4.78 is 29.8. The van der Waals surface area contributed by atoms with Crippen molar-refractivity contribution in [1.29, 1.82) is 0 Å². The molecule has 0 saturated heterocycles. The van der Waals surface area contributed by atoms with E-state index in [0.717, 1.165) is 16.9 Å². The number of nitrogens with zero attached hydrogens (tertiary/aromatic N) is 3. The average molecular weight is 397 g/mol. The molecule has 3 aromatic rings. The summed E-state index contributed by atoms with van der Waals surface area (Å²) in [7, 11) is -3.66. The van der Waals surface area contributed by atoms with Gasteiger partial charge in [0.15, 0.2) is 0 Å². The Balaban J connectivity index is 1.78. The Labute approximate surface area is 155 Å². The fourth-order valence-electron chi connectivity index (χ4n) is 2.38. The van der Waals surface area contributed by atoms with Gasteiger partial charge in [0.05, 0.1) is 16.9 Å². The fraction of sp³-hybridized carbons (Fsp3) is 0.250. The molecule has 1 N–H and O–H groups in total. The third-order valence-electron chi connectivity index (χ3n) is 3.63. The molecule has 0 aliphatic carbocycles. The Morgan fingerprint density at radius 3 is 2.60 bits per heavy atom. The van der Waals surface area contributed by atoms with Gasteiger partial charge in [-0.25, -0.2) is 22.8 Å². The van der Waals surface area contributed by atoms with Gasteiger partial charge in [-0.15, -0.1) is 11.3 Å². The predicted molar refractivity (Wildman–Crippen MR) is 98.4 cm³/mol. The van der Waals surface area contributed by atoms with E-state index in [4.69, 9.17) is 11.6 Å². The van der Waals surface area contributed by atoms with Gasteiger partial charge in [-0.05, 0) is 31.5 Å². The molecule has 2 heterocycles. The van der Waals surface area contributed by atoms with E-state index in [9.17, 15) is 8.42 Å². The number of halogens is 1. The average Bonchev–Trinajstić information content (AvgIpc) is 3.18. The summed E-state index contributed by atoms with van der Waals surface area (Å²) >= 11 is 6.84. The minimum Gasteiger partial charge on any atom is -0.244 e. The first-order valence-corrected chi connectivity index (χ1v) is 10.2. The summed E-state index contributed by atoms with van der Waals surface area (Å²) in [5.74, 6) is 0.548. The van der Waals surface area contributed by atoms with Gasteiger partial charge in [-0.1, -0.05) is 41.4 Å². The molecule has 0 bridgehead atoms. The third kappa shape index (κ3) is 4.27. The Kier molecular flexibility index (Phi) is 5.24. The zero-order valence-electron chi connectivity index (χ0n) is 13.7. The van der Waals surface area contributed by atoms with Gasteiger partial charge in [0.25, 0.3) is 10.0 Å². The lowest BCUT2D eigenvalue weighted by atomic mass is 10.1. The number of nitrogens with one attached hydrogen (secondary N) is 1. The molecule has 0 saturated carbocycles. The zero-order valence-corrected chi connectivity index (χ0v) is 16.1. The van der Waals surface area contributed by atoms with Gasteiger partial charge in [-0.2, -0.15) is 5.10 Å². The molecule has 0 amide bonds. The molecule has 2 aromatic heterocycles. The van der Waals surface area contributed by atoms with Gasteiger partial charge in [-0.3, -0.25) is 0 Å². The highest BCUT2D eigenvalue weighted by molar-refractivity contribution is 7.91. The fourth-order valence-corrected chi connectivity index (χ4v) is 5.08. The van der Waals surface area contributed by atoms with Crippen molar-refractivity contribution in [3.05, 3.63) is 64.0 Å². The topological polar surface area (TPSA) is 76.9 Å². The Bertz CT molecular complexity index is 964. The van der Waals surface area contributed by atoms with E-state index in [1.165, 1.54) is 18.0 Å². The van der Waals surface area contributed by atoms with Gasteiger partial charge in [0, 0.05) is 0 Å². The molecular weight excluding hydrogens is 380 g/mol. The summed E-state index contributed by atoms with van der Waals surface area (Å²) in [5, 5.41) is 4.21. The van der Waals surface area contributed by atoms with Crippen molar-refractivity contribution in [2.75, 3.05) is 0 Å². The lowest BCUT2D eigenvalue weighted by Gasteiger charge is -2.14. The molecule has 1 aromatic carbocycles. The first-order chi connectivity index (χ1) is 11.8. The van der Waals surface area contributed by atoms with Gasteiger partial charge >= 0.3 is 0 Å². The van der Waals surface area contributed by atoms with Gasteiger partial charge in [0.2, 0.25) is 0 Å². The van der Waals surface area contributed by atoms with Crippen LogP contribution in [0.25, 0.3) is 0 Å². The number of aryl methyl sites for hydroxylation is 1. The monoisotopic (exact) mass is 396 g/mol. The van der Waals surface area contributed by atoms with Crippen molar-refractivity contribution in [2.45, 2.75) is 30.6 Å². The van der Waals surface area contributed by atoms with Crippen LogP contribution in [0.1, 0.15) is 29.9 Å². The largest absolute Gasteiger partial charge is 0.250 e. The van der Waals surface area contributed by atoms with E-state index < -0.39 is 16.1 Å². The number of rotatable bonds is 6. The van der Waals surface area contributed by atoms with Crippen molar-refractivity contribution in [3.63, 3.8) is 0 Å². The molecule has 0 aliphatic heterocycles. The molecule has 9 heteroatoms. The minimum atomic E-state index is -3.66. The molecule has 1 atom stereocenters. The Morgan fingerprint density at radius 1 is 1.24 bits per heavy atom. The Morgan fingerprint density at radius 2 is 1.96 bits per heavy atom. The normalized spacial score (nSPS) is 13.1. The summed E-state index contributed by atoms with van der Waals surface area (Å²) in [6.07, 6.45) is 1.43. The third-order valence-corrected chi connectivity index (χ3v) is 6.89. The quantitative estimate of drug-likeness (QED) is 0.692. The second-order valence-electron chi connectivity index (χ2n) is 5.66. The highest BCUT2D eigenvalue weighted by Gasteiger charge is 2.23. The SMILES string of the molecule is Cc1ccc(Cn2ncnc2C(C)NS(=O)(=O)c2ccc(Cl)s2)cc1. The second-order valence-corrected chi connectivity index (χ2v) is 9.32. The van der Waals surface area contributed by atoms with Gasteiger partial charge in [0.1, 0.15) is 16.4 Å². The van der Waals surface area contributed by atoms with Crippen LogP contribution in [0.3, 0.4) is 0 Å². The number of thiophene rings is 1. The highest BCUT2D eigenvalue weighted by Crippen LogP contribution is 2.26. The zero-order chi connectivity index (χ0) is 18.0. The van der Waals surface area contributed by atoms with Gasteiger partial charge < -0.3 is 0 Å². The molecule has 3 rings (SSSR count). The van der Waals surface area contributed by atoms with E-state index >= 15 is 0 Å². The molecule has 1 unspecified atom stereocenters. The molecular formula is C16H17ClN4O2S2. The summed E-state index contributed by atoms with van der Waals surface area (Å²) in [6, 6.07) is 10.6. The van der Waals surface area contributed by atoms with Crippen LogP contribution in [0.4, 0.5) is 0 Å². The number of hydrogen-bond acceptors (Lipinski definition) is 5. The van der Waals surface area contributed by atoms with Crippen LogP contribution in [0.5, 0.6) is 0 Å². The maximum absolute atomic E-state index is 12.4. The van der Waals surface area contributed by atoms with Crippen LogP contribution in [0, 0.1) is 6.92 Å². The van der Waals surface area contributed by atoms with Crippen LogP contribution in [-0.4, -0.2) is 23.2 Å². The van der Waals surface area contributed by atoms with Crippen molar-refractivity contribution >= 4 is 33.0 Å². The minimum absolute atomic E-state index is 0.175. The highest BCUT2D eigenvalue weighted by atomic mass is 35.5. The number of benzene rings is 1. The summed E-state index contributed by atoms with van der Waals surface area (Å²) in [4.78, 5) is 4.22. The molecule has 6 nitrogen and oxygen atoms in total. The molecule has 0 aliphatic rings. The van der Waals surface area contributed by atoms with Crippen LogP contribution in [0.15, 0.2) is 46.9 Å². The smallest absolute Gasteiger partial charge is 0.244 e. The molecule has 0 spiro atoms. The van der Waals surface area contributed by atoms with Crippen LogP contribution >= 0.6 is 22.9 Å². The van der Waals surface area contributed by atoms with Crippen molar-refractivity contribution in [2.24, 2.45) is 0 Å². The molecule has 0 fully saturated rings. The van der Waals surface area contributed by atoms with E-state index in [0.29, 0.717) is 16.7 Å². The number of sulfonamides is 1. The number of hydrogen-bond donors (Lipinski definition) is 1. The van der Waals surface area contributed by atoms with E-state index in [1.807, 2.05) is 31.2 Å². The van der Waals surface area contributed by atoms with E-state index in [-0.39, 0.29) is 4.21 Å². The Hall–Kier alpha value is -1.74. The summed E-state index contributed by atoms with van der Waals surface area (Å²) in [6.45, 7) is 4.29. The van der Waals surface area contributed by atoms with E-state index in [1.54, 1.807) is 17.7 Å². The van der Waals surface area contributed by atoms with Crippen LogP contribution in [0.2, 0.25) is 4.34 Å². The van der Waals surface area contributed by atoms with Crippen molar-refractivity contribution in [1.82, 2.24) is 19.5 Å². The summed E-state index contributed by atoms with van der Waals surface area (Å²) in [5.41, 5.74) is 2.25. The first kappa shape index (κ1) is 18.1. The standard InChI is InChI=1S/C16H17ClN4O2S2/c1-11-3-5-13(6-4-11)9-21-16(18-10-19-21)12(2)20-25(22,23)15-8-7-14(17)24-15/h3-8,10,12,20H,9H2,1-2H3. The molecule has 132 valence electrons. The maximum Gasteiger partial charge on any atom is 0.250 e. The van der Waals surface area contributed by atoms with Crippen LogP contribution in [-0.2, 0) is 16.6 Å². The van der Waals surface area contributed by atoms with Crippen LogP contribution < -0.4 is 4.72 Å². The lowest BCUT2D eigenvalue weighted by molar-refractivity contribution is 0.538. The molecule has 0 radical (unpaired) electrons. The molecule has 25 heavy (non-hydrogen) atoms. The van der Waals surface area contributed by atoms with Crippen molar-refractivity contribution in [3.8, 4) is 0 Å². The second kappa shape index (κ2) is 7.25. The lowest BCUT2D eigenvalue weighted by Crippen LogP contribution is -2.28. The first-order valence-electron chi connectivity index (χ1n) is 7.56. The predicted octanol–water partition coefficient (Wildman–Crippen LogP) is 3.39. The maximum atomic E-state index is 12.4. The number of aromatic nitrogens is 3. The van der Waals surface area contributed by atoms with Crippen molar-refractivity contribution < 1.29 is 8.42 Å².